The van der Waals surface area contributed by atoms with Gasteiger partial charge in [-0.05, 0) is 68.1 Å². The number of aliphatic hydroxyl groups excluding tert-OH is 1. The van der Waals surface area contributed by atoms with Gasteiger partial charge < -0.3 is 9.84 Å². The summed E-state index contributed by atoms with van der Waals surface area (Å²) < 4.78 is 7.01. The zero-order valence-electron chi connectivity index (χ0n) is 23.0. The van der Waals surface area contributed by atoms with Crippen LogP contribution < -0.4 is 9.64 Å². The summed E-state index contributed by atoms with van der Waals surface area (Å²) >= 11 is 2.61. The number of carbonyl (C=O) groups is 2. The fraction of sp³-hybridized carbons (Fsp3) is 0.188. The molecule has 6 rings (SSSR count). The SMILES string of the molecule is Cc1cc(C)c2nc(N3C(=O)C(O)=C(C(=O)c4sc(C)nc4C)C3c3cccc(OCc4ccccc4)c3)sc2c1. The number of amides is 1. The van der Waals surface area contributed by atoms with Crippen LogP contribution in [0.15, 0.2) is 78.1 Å². The van der Waals surface area contributed by atoms with Gasteiger partial charge in [0.15, 0.2) is 10.9 Å². The number of rotatable bonds is 7. The first-order valence-corrected chi connectivity index (χ1v) is 14.7. The number of ketones is 1. The minimum absolute atomic E-state index is 0.00844. The molecule has 3 heterocycles. The molecule has 0 fully saturated rings. The molecule has 0 spiro atoms. The number of aryl methyl sites for hydroxylation is 4. The van der Waals surface area contributed by atoms with Crippen molar-refractivity contribution < 1.29 is 19.4 Å². The highest BCUT2D eigenvalue weighted by atomic mass is 32.1. The van der Waals surface area contributed by atoms with Gasteiger partial charge in [0.1, 0.15) is 12.4 Å². The Morgan fingerprint density at radius 3 is 2.49 bits per heavy atom. The Labute approximate surface area is 245 Å². The summed E-state index contributed by atoms with van der Waals surface area (Å²) in [6.07, 6.45) is 0. The zero-order chi connectivity index (χ0) is 28.8. The third kappa shape index (κ3) is 4.92. The molecule has 5 aromatic rings. The van der Waals surface area contributed by atoms with Crippen LogP contribution in [0.3, 0.4) is 0 Å². The third-order valence-electron chi connectivity index (χ3n) is 7.01. The number of hydrogen-bond donors (Lipinski definition) is 1. The number of aromatic nitrogens is 2. The van der Waals surface area contributed by atoms with Crippen molar-refractivity contribution in [2.75, 3.05) is 4.90 Å². The number of nitrogens with zero attached hydrogens (tertiary/aromatic N) is 3. The highest BCUT2D eigenvalue weighted by Gasteiger charge is 2.46. The van der Waals surface area contributed by atoms with Gasteiger partial charge in [-0.3, -0.25) is 14.5 Å². The van der Waals surface area contributed by atoms with Crippen LogP contribution in [-0.4, -0.2) is 26.8 Å². The normalized spacial score (nSPS) is 15.3. The number of ether oxygens (including phenoxy) is 1. The Morgan fingerprint density at radius 2 is 1.76 bits per heavy atom. The molecule has 0 bridgehead atoms. The second kappa shape index (κ2) is 10.6. The van der Waals surface area contributed by atoms with Gasteiger partial charge >= 0.3 is 0 Å². The summed E-state index contributed by atoms with van der Waals surface area (Å²) in [6, 6.07) is 20.3. The number of fused-ring (bicyclic) bond motifs is 1. The summed E-state index contributed by atoms with van der Waals surface area (Å²) in [7, 11) is 0. The maximum atomic E-state index is 14.0. The van der Waals surface area contributed by atoms with E-state index >= 15 is 0 Å². The molecule has 9 heteroatoms. The number of anilines is 1. The summed E-state index contributed by atoms with van der Waals surface area (Å²) in [5.41, 5.74) is 5.08. The lowest BCUT2D eigenvalue weighted by atomic mass is 9.95. The predicted octanol–water partition coefficient (Wildman–Crippen LogP) is 7.35. The molecule has 0 aliphatic carbocycles. The van der Waals surface area contributed by atoms with Gasteiger partial charge in [0, 0.05) is 0 Å². The highest BCUT2D eigenvalue weighted by molar-refractivity contribution is 7.22. The monoisotopic (exact) mass is 581 g/mol. The first-order chi connectivity index (χ1) is 19.7. The molecule has 206 valence electrons. The lowest BCUT2D eigenvalue weighted by Crippen LogP contribution is -2.31. The number of carbonyl (C=O) groups excluding carboxylic acids is 2. The van der Waals surface area contributed by atoms with Crippen molar-refractivity contribution >= 4 is 49.7 Å². The molecule has 1 aliphatic rings. The number of aliphatic hydroxyl groups is 1. The van der Waals surface area contributed by atoms with Crippen LogP contribution in [0, 0.1) is 27.7 Å². The van der Waals surface area contributed by atoms with E-state index in [9.17, 15) is 14.7 Å². The lowest BCUT2D eigenvalue weighted by molar-refractivity contribution is -0.117. The maximum Gasteiger partial charge on any atom is 0.296 e. The second-order valence-electron chi connectivity index (χ2n) is 10.1. The van der Waals surface area contributed by atoms with Gasteiger partial charge in [0.2, 0.25) is 5.78 Å². The van der Waals surface area contributed by atoms with Crippen molar-refractivity contribution in [1.29, 1.82) is 0 Å². The molecule has 1 amide bonds. The minimum Gasteiger partial charge on any atom is -0.503 e. The van der Waals surface area contributed by atoms with Crippen LogP contribution in [0.5, 0.6) is 5.75 Å². The van der Waals surface area contributed by atoms with Crippen molar-refractivity contribution in [3.63, 3.8) is 0 Å². The van der Waals surface area contributed by atoms with Crippen molar-refractivity contribution in [3.05, 3.63) is 116 Å². The summed E-state index contributed by atoms with van der Waals surface area (Å²) in [4.78, 5) is 38.8. The number of hydrogen-bond acceptors (Lipinski definition) is 8. The minimum atomic E-state index is -0.904. The molecule has 2 aromatic heterocycles. The third-order valence-corrected chi connectivity index (χ3v) is 9.08. The van der Waals surface area contributed by atoms with E-state index in [1.54, 1.807) is 6.92 Å². The molecule has 0 radical (unpaired) electrons. The van der Waals surface area contributed by atoms with Crippen LogP contribution in [-0.2, 0) is 11.4 Å². The highest BCUT2D eigenvalue weighted by Crippen LogP contribution is 2.45. The Balaban J connectivity index is 1.46. The first kappa shape index (κ1) is 26.9. The van der Waals surface area contributed by atoms with Crippen LogP contribution in [0.25, 0.3) is 10.2 Å². The van der Waals surface area contributed by atoms with Crippen LogP contribution in [0.4, 0.5) is 5.13 Å². The van der Waals surface area contributed by atoms with E-state index in [1.165, 1.54) is 27.6 Å². The van der Waals surface area contributed by atoms with E-state index in [0.717, 1.165) is 31.9 Å². The first-order valence-electron chi connectivity index (χ1n) is 13.1. The van der Waals surface area contributed by atoms with Gasteiger partial charge in [-0.1, -0.05) is 59.9 Å². The molecule has 1 unspecified atom stereocenters. The molecular weight excluding hydrogens is 555 g/mol. The average molecular weight is 582 g/mol. The topological polar surface area (TPSA) is 92.6 Å². The zero-order valence-corrected chi connectivity index (χ0v) is 24.6. The van der Waals surface area contributed by atoms with E-state index in [4.69, 9.17) is 9.72 Å². The molecule has 3 aromatic carbocycles. The van der Waals surface area contributed by atoms with Crippen LogP contribution in [0.2, 0.25) is 0 Å². The number of thiazole rings is 2. The second-order valence-corrected chi connectivity index (χ2v) is 12.3. The maximum absolute atomic E-state index is 14.0. The molecule has 41 heavy (non-hydrogen) atoms. The standard InChI is InChI=1S/C32H27N3O4S2/c1-17-13-18(2)26-24(14-17)41-32(34-26)35-27(22-11-8-12-23(15-22)39-16-21-9-6-5-7-10-21)25(29(37)31(35)38)28(36)30-19(3)33-20(4)40-30/h5-15,27,37H,16H2,1-4H3. The van der Waals surface area contributed by atoms with E-state index in [-0.39, 0.29) is 5.57 Å². The molecule has 1 aliphatic heterocycles. The fourth-order valence-corrected chi connectivity index (χ4v) is 7.23. The predicted molar refractivity (Wildman–Crippen MR) is 162 cm³/mol. The van der Waals surface area contributed by atoms with Gasteiger partial charge in [0.05, 0.1) is 37.4 Å². The van der Waals surface area contributed by atoms with Crippen LogP contribution >= 0.6 is 22.7 Å². The quantitative estimate of drug-likeness (QED) is 0.202. The Morgan fingerprint density at radius 1 is 0.976 bits per heavy atom. The summed E-state index contributed by atoms with van der Waals surface area (Å²) in [6.45, 7) is 7.94. The molecule has 0 saturated carbocycles. The van der Waals surface area contributed by atoms with Crippen molar-refractivity contribution in [2.24, 2.45) is 0 Å². The number of benzene rings is 3. The molecular formula is C32H27N3O4S2. The van der Waals surface area contributed by atoms with E-state index in [0.29, 0.717) is 33.6 Å². The smallest absolute Gasteiger partial charge is 0.296 e. The average Bonchev–Trinajstić information content (AvgIpc) is 3.61. The largest absolute Gasteiger partial charge is 0.503 e. The Hall–Kier alpha value is -4.34. The van der Waals surface area contributed by atoms with Crippen molar-refractivity contribution in [1.82, 2.24) is 9.97 Å². The lowest BCUT2D eigenvalue weighted by Gasteiger charge is -2.24. The Kier molecular flexibility index (Phi) is 6.93. The fourth-order valence-electron chi connectivity index (χ4n) is 5.19. The Bertz CT molecular complexity index is 1860. The van der Waals surface area contributed by atoms with E-state index in [1.807, 2.05) is 87.5 Å². The van der Waals surface area contributed by atoms with E-state index < -0.39 is 23.5 Å². The van der Waals surface area contributed by atoms with E-state index in [2.05, 4.69) is 4.98 Å². The van der Waals surface area contributed by atoms with Crippen molar-refractivity contribution in [2.45, 2.75) is 40.3 Å². The van der Waals surface area contributed by atoms with Crippen LogP contribution in [0.1, 0.15) is 48.7 Å². The molecule has 0 saturated heterocycles. The molecule has 7 nitrogen and oxygen atoms in total. The van der Waals surface area contributed by atoms with Gasteiger partial charge in [-0.25, -0.2) is 9.97 Å². The van der Waals surface area contributed by atoms with Gasteiger partial charge in [0.25, 0.3) is 5.91 Å². The number of Topliss-reactive ketones (excluding diaryl/α,β-unsaturated/α-hetero) is 1. The van der Waals surface area contributed by atoms with Crippen molar-refractivity contribution in [3.8, 4) is 5.75 Å². The van der Waals surface area contributed by atoms with Gasteiger partial charge in [-0.15, -0.1) is 11.3 Å². The summed E-state index contributed by atoms with van der Waals surface area (Å²) in [5, 5.41) is 12.4. The molecule has 1 N–H and O–H groups in total. The molecule has 1 atom stereocenters. The van der Waals surface area contributed by atoms with Gasteiger partial charge in [-0.2, -0.15) is 0 Å². The summed E-state index contributed by atoms with van der Waals surface area (Å²) in [5.74, 6) is -1.08.